The molecule has 0 spiro atoms. The zero-order valence-electron chi connectivity index (χ0n) is 57.9. The standard InChI is InChI=1S/C22H23N5O.C14H19BN2O2.C14H16BrN3O.C12H24B2O4.C8H7BrN2/c1-14-12-27-13-17(4-6-20(27)23-14)16-3-5-19-18(11-16)22(28)25-21(24-19)15-7-9-26(2)10-8-15;1-10-8-17-9-11(6-7-12(17)16-10)15-18-13(2,3)14(4,5)19-15;1-18-6-4-9(5-7-18)13-16-12-3-2-10(15)8-11(12)14(19)17-13;1-9(2)10(3,4)16-13(15-9)14-17-11(5,6)12(7,8)18-14;1-6-4-11-5-7(9)2-3-8(11)10-6/h3-6,11-13,15H,7-10H2,1-2H3,(H,24,25,28);6-9H,1-5H3;2-3,8-9H,4-7H2,1H3,(H,16,17,19);1-8H3;2-5H,1H3. The molecule has 10 aromatic rings. The van der Waals surface area contributed by atoms with Crippen molar-refractivity contribution in [1.82, 2.24) is 57.9 Å². The lowest BCUT2D eigenvalue weighted by Gasteiger charge is -2.32. The first-order valence-electron chi connectivity index (χ1n) is 32.8. The van der Waals surface area contributed by atoms with E-state index in [0.717, 1.165) is 134 Å². The topological polar surface area (TPSA) is 205 Å². The number of rotatable bonds is 5. The Kier molecular flexibility index (Phi) is 20.0. The maximum atomic E-state index is 12.8. The Morgan fingerprint density at radius 1 is 0.432 bits per heavy atom. The highest BCUT2D eigenvalue weighted by Gasteiger charge is 2.64. The van der Waals surface area contributed by atoms with Gasteiger partial charge in [0, 0.05) is 58.0 Å². The number of likely N-dealkylation sites (tertiary alicyclic amines) is 2. The van der Waals surface area contributed by atoms with Crippen LogP contribution in [0.4, 0.5) is 0 Å². The second-order valence-electron chi connectivity index (χ2n) is 29.0. The van der Waals surface area contributed by atoms with Crippen molar-refractivity contribution in [3.8, 4) is 11.1 Å². The quantitative estimate of drug-likeness (QED) is 0.154. The molecule has 13 heterocycles. The van der Waals surface area contributed by atoms with E-state index in [2.05, 4.69) is 113 Å². The molecule has 500 valence electrons. The fourth-order valence-electron chi connectivity index (χ4n) is 12.1. The van der Waals surface area contributed by atoms with Gasteiger partial charge in [0.1, 0.15) is 28.6 Å². The van der Waals surface area contributed by atoms with Crippen molar-refractivity contribution in [3.63, 3.8) is 0 Å². The van der Waals surface area contributed by atoms with Crippen molar-refractivity contribution < 1.29 is 27.9 Å². The van der Waals surface area contributed by atoms with E-state index in [1.807, 2.05) is 199 Å². The highest BCUT2D eigenvalue weighted by atomic mass is 79.9. The first kappa shape index (κ1) is 70.0. The number of nitrogens with zero attached hydrogens (tertiary/aromatic N) is 10. The monoisotopic (exact) mass is 1420 g/mol. The summed E-state index contributed by atoms with van der Waals surface area (Å²) < 4.78 is 43.9. The number of benzene rings is 2. The molecule has 15 rings (SSSR count). The van der Waals surface area contributed by atoms with Gasteiger partial charge in [-0.3, -0.25) is 9.59 Å². The van der Waals surface area contributed by atoms with Crippen LogP contribution >= 0.6 is 31.9 Å². The van der Waals surface area contributed by atoms with Crippen LogP contribution in [0.2, 0.25) is 0 Å². The average molecular weight is 1420 g/mol. The van der Waals surface area contributed by atoms with E-state index in [4.69, 9.17) is 32.9 Å². The molecule has 2 aromatic carbocycles. The lowest BCUT2D eigenvalue weighted by molar-refractivity contribution is 0.00578. The Morgan fingerprint density at radius 3 is 1.26 bits per heavy atom. The molecule has 5 saturated heterocycles. The Hall–Kier alpha value is -6.38. The summed E-state index contributed by atoms with van der Waals surface area (Å²) in [6, 6.07) is 23.6. The molecular formula is C70H89B3Br2N12O8. The van der Waals surface area contributed by atoms with E-state index in [0.29, 0.717) is 22.6 Å². The van der Waals surface area contributed by atoms with Gasteiger partial charge in [-0.25, -0.2) is 24.9 Å². The number of H-pyrrole nitrogens is 2. The van der Waals surface area contributed by atoms with Gasteiger partial charge in [0.05, 0.1) is 72.5 Å². The lowest BCUT2D eigenvalue weighted by atomic mass is 9.49. The van der Waals surface area contributed by atoms with Crippen molar-refractivity contribution in [1.29, 1.82) is 0 Å². The molecule has 0 aliphatic carbocycles. The smallest absolute Gasteiger partial charge is 0.405 e. The van der Waals surface area contributed by atoms with Crippen LogP contribution in [0.3, 0.4) is 0 Å². The van der Waals surface area contributed by atoms with Gasteiger partial charge in [-0.15, -0.1) is 0 Å². The van der Waals surface area contributed by atoms with Gasteiger partial charge in [-0.1, -0.05) is 28.1 Å². The third kappa shape index (κ3) is 15.5. The molecule has 0 saturated carbocycles. The van der Waals surface area contributed by atoms with Crippen LogP contribution < -0.4 is 16.6 Å². The second kappa shape index (κ2) is 27.1. The van der Waals surface area contributed by atoms with E-state index in [9.17, 15) is 9.59 Å². The fraction of sp³-hybridized carbons (Fsp3) is 0.471. The number of hydrogen-bond acceptors (Lipinski definition) is 15. The number of imidazole rings is 3. The number of hydrogen-bond donors (Lipinski definition) is 2. The number of aromatic amines is 2. The molecule has 8 aromatic heterocycles. The summed E-state index contributed by atoms with van der Waals surface area (Å²) in [6.45, 7) is 34.6. The van der Waals surface area contributed by atoms with E-state index in [-0.39, 0.29) is 51.8 Å². The van der Waals surface area contributed by atoms with Gasteiger partial charge in [-0.05, 0) is 263 Å². The largest absolute Gasteiger partial charge is 0.496 e. The first-order valence-corrected chi connectivity index (χ1v) is 34.4. The van der Waals surface area contributed by atoms with Gasteiger partial charge in [0.2, 0.25) is 0 Å². The highest BCUT2D eigenvalue weighted by Crippen LogP contribution is 2.43. The first-order chi connectivity index (χ1) is 44.6. The number of piperidine rings is 2. The maximum Gasteiger partial charge on any atom is 0.496 e. The summed E-state index contributed by atoms with van der Waals surface area (Å²) in [6.07, 6.45) is 16.3. The van der Waals surface area contributed by atoms with Crippen molar-refractivity contribution in [2.75, 3.05) is 40.3 Å². The van der Waals surface area contributed by atoms with E-state index in [1.54, 1.807) is 0 Å². The Labute approximate surface area is 574 Å². The Morgan fingerprint density at radius 2 is 0.800 bits per heavy atom. The lowest BCUT2D eigenvalue weighted by Crippen LogP contribution is -2.41. The zero-order chi connectivity index (χ0) is 68.3. The summed E-state index contributed by atoms with van der Waals surface area (Å²) in [5.74, 6) is 2.37. The van der Waals surface area contributed by atoms with Gasteiger partial charge < -0.3 is 60.9 Å². The summed E-state index contributed by atoms with van der Waals surface area (Å²) >= 11 is 6.78. The third-order valence-electron chi connectivity index (χ3n) is 19.9. The molecule has 0 atom stereocenters. The number of nitrogens with one attached hydrogen (secondary N) is 2. The van der Waals surface area contributed by atoms with Crippen LogP contribution in [0.15, 0.2) is 129 Å². The van der Waals surface area contributed by atoms with Crippen molar-refractivity contribution in [2.24, 2.45) is 0 Å². The molecule has 0 radical (unpaired) electrons. The van der Waals surface area contributed by atoms with Crippen LogP contribution in [0.1, 0.15) is 149 Å². The van der Waals surface area contributed by atoms with E-state index >= 15 is 0 Å². The maximum absolute atomic E-state index is 12.8. The molecule has 0 amide bonds. The second-order valence-corrected chi connectivity index (χ2v) is 30.8. The summed E-state index contributed by atoms with van der Waals surface area (Å²) in [7, 11) is 2.99. The molecule has 5 aliphatic heterocycles. The molecule has 95 heavy (non-hydrogen) atoms. The van der Waals surface area contributed by atoms with Gasteiger partial charge >= 0.3 is 21.1 Å². The average Bonchev–Trinajstić information content (AvgIpc) is 1.73. The molecule has 5 aliphatic rings. The van der Waals surface area contributed by atoms with Crippen molar-refractivity contribution >= 4 is 97.2 Å². The number of halogens is 2. The van der Waals surface area contributed by atoms with Crippen molar-refractivity contribution in [2.45, 2.75) is 175 Å². The zero-order valence-corrected chi connectivity index (χ0v) is 61.1. The van der Waals surface area contributed by atoms with Crippen LogP contribution in [-0.4, -0.2) is 153 Å². The van der Waals surface area contributed by atoms with E-state index < -0.39 is 14.0 Å². The summed E-state index contributed by atoms with van der Waals surface area (Å²) in [5.41, 5.74) is 8.34. The Balaban J connectivity index is 0.000000124. The van der Waals surface area contributed by atoms with Crippen LogP contribution in [0, 0.1) is 20.8 Å². The number of aromatic nitrogens is 10. The number of aryl methyl sites for hydroxylation is 3. The summed E-state index contributed by atoms with van der Waals surface area (Å²) in [5, 5.41) is 1.28. The minimum Gasteiger partial charge on any atom is -0.405 e. The minimum atomic E-state index is -0.476. The molecule has 25 heteroatoms. The van der Waals surface area contributed by atoms with Gasteiger partial charge in [0.15, 0.2) is 0 Å². The minimum absolute atomic E-state index is 0.0415. The molecule has 20 nitrogen and oxygen atoms in total. The summed E-state index contributed by atoms with van der Waals surface area (Å²) in [4.78, 5) is 58.1. The van der Waals surface area contributed by atoms with Crippen LogP contribution in [0.5, 0.6) is 0 Å². The van der Waals surface area contributed by atoms with Crippen LogP contribution in [-0.2, 0) is 27.9 Å². The van der Waals surface area contributed by atoms with Crippen molar-refractivity contribution in [3.05, 3.63) is 168 Å². The van der Waals surface area contributed by atoms with Crippen LogP contribution in [0.25, 0.3) is 49.9 Å². The predicted molar refractivity (Wildman–Crippen MR) is 386 cm³/mol. The highest BCUT2D eigenvalue weighted by molar-refractivity contribution is 9.10. The predicted octanol–water partition coefficient (Wildman–Crippen LogP) is 12.4. The van der Waals surface area contributed by atoms with E-state index in [1.165, 1.54) is 0 Å². The van der Waals surface area contributed by atoms with Gasteiger partial charge in [0.25, 0.3) is 11.1 Å². The molecule has 0 unspecified atom stereocenters. The Bertz CT molecular complexity index is 4470. The normalized spacial score (nSPS) is 19.9. The number of fused-ring (bicyclic) bond motifs is 5. The third-order valence-corrected chi connectivity index (χ3v) is 20.9. The molecular weight excluding hydrogens is 1330 g/mol. The molecule has 5 fully saturated rings. The fourth-order valence-corrected chi connectivity index (χ4v) is 12.8. The molecule has 2 N–H and O–H groups in total. The SMILES string of the molecule is CC1(C)OB(B2OC(C)(C)C(C)(C)O2)OC1(C)C.CN1CCC(c2nc3ccc(Br)cc3c(=O)[nH]2)CC1.Cc1cn2cc(-c3ccc4nc(C5CCN(C)CC5)[nH]c(=O)c4c3)ccc2n1.Cc1cn2cc(B3OC(C)(C)C(C)(C)O3)ccc2n1.Cc1cn2cc(Br)ccc2n1. The molecule has 0 bridgehead atoms. The van der Waals surface area contributed by atoms with Gasteiger partial charge in [-0.2, -0.15) is 0 Å². The number of pyridine rings is 3.